The molecule has 12 nitrogen and oxygen atoms in total. The highest BCUT2D eigenvalue weighted by molar-refractivity contribution is 6.12. The normalized spacial score (nSPS) is 10.5. The fourth-order valence-electron chi connectivity index (χ4n) is 2.06. The third kappa shape index (κ3) is 8.20. The summed E-state index contributed by atoms with van der Waals surface area (Å²) in [4.78, 5) is 49.7. The van der Waals surface area contributed by atoms with Crippen LogP contribution in [0.25, 0.3) is 0 Å². The molecular formula is C14H30N8O4. The molecule has 0 unspecified atom stereocenters. The number of nitrogens with two attached hydrogens (primary N) is 4. The maximum Gasteiger partial charge on any atom is 0.233 e. The van der Waals surface area contributed by atoms with Crippen molar-refractivity contribution in [3.8, 4) is 0 Å². The molecular weight excluding hydrogens is 344 g/mol. The molecule has 0 saturated heterocycles. The zero-order valence-electron chi connectivity index (χ0n) is 14.8. The van der Waals surface area contributed by atoms with Crippen LogP contribution in [0, 0.1) is 11.8 Å². The molecule has 0 bridgehead atoms. The van der Waals surface area contributed by atoms with Crippen LogP contribution in [-0.4, -0.2) is 76.0 Å². The summed E-state index contributed by atoms with van der Waals surface area (Å²) in [6.45, 7) is 0.862. The first-order valence-electron chi connectivity index (χ1n) is 8.35. The van der Waals surface area contributed by atoms with Gasteiger partial charge in [-0.1, -0.05) is 0 Å². The quantitative estimate of drug-likeness (QED) is 0.145. The third-order valence-corrected chi connectivity index (χ3v) is 3.24. The molecule has 0 rings (SSSR count). The van der Waals surface area contributed by atoms with Crippen LogP contribution in [0.1, 0.15) is 0 Å². The van der Waals surface area contributed by atoms with E-state index in [1.807, 2.05) is 0 Å². The summed E-state index contributed by atoms with van der Waals surface area (Å²) >= 11 is 0. The smallest absolute Gasteiger partial charge is 0.233 e. The third-order valence-electron chi connectivity index (χ3n) is 3.24. The van der Waals surface area contributed by atoms with Gasteiger partial charge in [-0.05, 0) is 0 Å². The summed E-state index contributed by atoms with van der Waals surface area (Å²) in [5, 5.41) is 9.71. The molecule has 0 aliphatic carbocycles. The van der Waals surface area contributed by atoms with E-state index in [0.29, 0.717) is 0 Å². The number of carbonyl (C=O) groups is 4. The van der Waals surface area contributed by atoms with Crippen molar-refractivity contribution in [2.45, 2.75) is 0 Å². The second-order valence-electron chi connectivity index (χ2n) is 5.27. The van der Waals surface area contributed by atoms with E-state index in [1.54, 1.807) is 0 Å². The summed E-state index contributed by atoms with van der Waals surface area (Å²) < 4.78 is 0. The molecule has 0 heterocycles. The van der Waals surface area contributed by atoms with E-state index in [4.69, 9.17) is 22.9 Å². The maximum atomic E-state index is 12.4. The van der Waals surface area contributed by atoms with Gasteiger partial charge in [-0.3, -0.25) is 19.2 Å². The van der Waals surface area contributed by atoms with E-state index in [2.05, 4.69) is 21.3 Å². The molecule has 0 aliphatic heterocycles. The van der Waals surface area contributed by atoms with Gasteiger partial charge in [0.2, 0.25) is 23.6 Å². The fourth-order valence-corrected chi connectivity index (χ4v) is 2.06. The van der Waals surface area contributed by atoms with Gasteiger partial charge in [-0.2, -0.15) is 0 Å². The first kappa shape index (κ1) is 23.7. The number of carbonyl (C=O) groups excluding carboxylic acids is 4. The Hall–Kier alpha value is -2.28. The molecule has 12 heteroatoms. The minimum Gasteiger partial charge on any atom is -0.354 e. The molecule has 0 aromatic rings. The Bertz CT molecular complexity index is 392. The Kier molecular flexibility index (Phi) is 12.7. The van der Waals surface area contributed by atoms with Crippen LogP contribution in [0.2, 0.25) is 0 Å². The van der Waals surface area contributed by atoms with Gasteiger partial charge in [-0.15, -0.1) is 0 Å². The second kappa shape index (κ2) is 13.9. The minimum atomic E-state index is -1.59. The van der Waals surface area contributed by atoms with Crippen molar-refractivity contribution in [3.05, 3.63) is 0 Å². The molecule has 0 radical (unpaired) electrons. The van der Waals surface area contributed by atoms with Crippen LogP contribution in [0.5, 0.6) is 0 Å². The van der Waals surface area contributed by atoms with Crippen LogP contribution in [0.4, 0.5) is 0 Å². The van der Waals surface area contributed by atoms with Crippen molar-refractivity contribution < 1.29 is 19.2 Å². The Balaban J connectivity index is 5.62. The lowest BCUT2D eigenvalue weighted by Crippen LogP contribution is -2.55. The van der Waals surface area contributed by atoms with Gasteiger partial charge in [0.15, 0.2) is 0 Å². The summed E-state index contributed by atoms with van der Waals surface area (Å²) in [6.07, 6.45) is 0. The minimum absolute atomic E-state index is 0.0844. The molecule has 0 aromatic carbocycles. The number of rotatable bonds is 13. The highest BCUT2D eigenvalue weighted by Crippen LogP contribution is 2.14. The molecule has 0 fully saturated rings. The van der Waals surface area contributed by atoms with Gasteiger partial charge in [0, 0.05) is 52.4 Å². The van der Waals surface area contributed by atoms with Crippen molar-refractivity contribution in [2.24, 2.45) is 34.8 Å². The molecule has 150 valence electrons. The Morgan fingerprint density at radius 3 is 0.846 bits per heavy atom. The van der Waals surface area contributed by atoms with Crippen LogP contribution < -0.4 is 44.2 Å². The van der Waals surface area contributed by atoms with E-state index in [-0.39, 0.29) is 52.4 Å². The number of amides is 4. The molecule has 0 saturated carbocycles. The molecule has 12 N–H and O–H groups in total. The van der Waals surface area contributed by atoms with E-state index in [0.717, 1.165) is 0 Å². The number of nitrogens with one attached hydrogen (secondary N) is 4. The lowest BCUT2D eigenvalue weighted by atomic mass is 9.88. The largest absolute Gasteiger partial charge is 0.354 e. The molecule has 4 amide bonds. The fraction of sp³-hybridized carbons (Fsp3) is 0.714. The summed E-state index contributed by atoms with van der Waals surface area (Å²) in [5.41, 5.74) is 21.4. The van der Waals surface area contributed by atoms with Gasteiger partial charge in [0.25, 0.3) is 0 Å². The van der Waals surface area contributed by atoms with Crippen LogP contribution in [0.3, 0.4) is 0 Å². The second-order valence-corrected chi connectivity index (χ2v) is 5.27. The predicted octanol–water partition coefficient (Wildman–Crippen LogP) is -5.48. The van der Waals surface area contributed by atoms with Crippen molar-refractivity contribution in [1.82, 2.24) is 21.3 Å². The van der Waals surface area contributed by atoms with Crippen LogP contribution >= 0.6 is 0 Å². The highest BCUT2D eigenvalue weighted by Gasteiger charge is 2.43. The molecule has 26 heavy (non-hydrogen) atoms. The van der Waals surface area contributed by atoms with E-state index < -0.39 is 35.5 Å². The van der Waals surface area contributed by atoms with Gasteiger partial charge >= 0.3 is 0 Å². The van der Waals surface area contributed by atoms with Gasteiger partial charge in [0.05, 0.1) is 0 Å². The van der Waals surface area contributed by atoms with Gasteiger partial charge in [-0.25, -0.2) is 0 Å². The molecule has 0 aliphatic rings. The van der Waals surface area contributed by atoms with Crippen molar-refractivity contribution >= 4 is 23.6 Å². The Morgan fingerprint density at radius 1 is 0.500 bits per heavy atom. The lowest BCUT2D eigenvalue weighted by Gasteiger charge is -2.24. The Morgan fingerprint density at radius 2 is 0.692 bits per heavy atom. The SMILES string of the molecule is NCCNC(=O)C(C(=O)NCCN)C(C(=O)NCCN)C(=O)NCCN. The Labute approximate surface area is 152 Å². The summed E-state index contributed by atoms with van der Waals surface area (Å²) in [6, 6.07) is 0. The molecule has 0 atom stereocenters. The zero-order chi connectivity index (χ0) is 19.9. The predicted molar refractivity (Wildman–Crippen MR) is 95.2 cm³/mol. The average molecular weight is 374 g/mol. The van der Waals surface area contributed by atoms with Crippen molar-refractivity contribution in [3.63, 3.8) is 0 Å². The summed E-state index contributed by atoms with van der Waals surface area (Å²) in [5.74, 6) is -6.35. The van der Waals surface area contributed by atoms with Crippen LogP contribution in [-0.2, 0) is 19.2 Å². The number of hydrogen-bond acceptors (Lipinski definition) is 8. The van der Waals surface area contributed by atoms with Crippen molar-refractivity contribution in [2.75, 3.05) is 52.4 Å². The van der Waals surface area contributed by atoms with Crippen molar-refractivity contribution in [1.29, 1.82) is 0 Å². The van der Waals surface area contributed by atoms with E-state index >= 15 is 0 Å². The maximum absolute atomic E-state index is 12.4. The highest BCUT2D eigenvalue weighted by atomic mass is 16.2. The van der Waals surface area contributed by atoms with E-state index in [9.17, 15) is 19.2 Å². The van der Waals surface area contributed by atoms with Crippen LogP contribution in [0.15, 0.2) is 0 Å². The summed E-state index contributed by atoms with van der Waals surface area (Å²) in [7, 11) is 0. The zero-order valence-corrected chi connectivity index (χ0v) is 14.8. The number of hydrogen-bond donors (Lipinski definition) is 8. The monoisotopic (exact) mass is 374 g/mol. The first-order chi connectivity index (χ1) is 12.4. The topological polar surface area (TPSA) is 220 Å². The lowest BCUT2D eigenvalue weighted by molar-refractivity contribution is -0.149. The first-order valence-corrected chi connectivity index (χ1v) is 8.35. The average Bonchev–Trinajstić information content (AvgIpc) is 2.64. The van der Waals surface area contributed by atoms with E-state index in [1.165, 1.54) is 0 Å². The molecule has 0 spiro atoms. The molecule has 0 aromatic heterocycles. The van der Waals surface area contributed by atoms with Gasteiger partial charge in [0.1, 0.15) is 11.8 Å². The van der Waals surface area contributed by atoms with Gasteiger partial charge < -0.3 is 44.2 Å². The standard InChI is InChI=1S/C14H30N8O4/c15-1-5-19-11(23)9(12(24)20-6-2-16)10(13(25)21-7-3-17)14(26)22-8-4-18/h9-10H,1-8,15-18H2,(H,19,23)(H,20,24)(H,21,25)(H,22,26).